The van der Waals surface area contributed by atoms with E-state index in [1.165, 1.54) is 0 Å². The third-order valence-corrected chi connectivity index (χ3v) is 4.25. The molecule has 7 heteroatoms. The van der Waals surface area contributed by atoms with Gasteiger partial charge in [0.1, 0.15) is 0 Å². The summed E-state index contributed by atoms with van der Waals surface area (Å²) >= 11 is 1.90. The molecule has 2 N–H and O–H groups in total. The average molecular weight is 297 g/mol. The second-order valence-corrected chi connectivity index (χ2v) is 6.40. The van der Waals surface area contributed by atoms with Crippen LogP contribution in [0.4, 0.5) is 5.82 Å². The Morgan fingerprint density at radius 2 is 2.50 bits per heavy atom. The number of rotatable bonds is 6. The summed E-state index contributed by atoms with van der Waals surface area (Å²) < 4.78 is 1.85. The normalized spacial score (nSPS) is 19.2. The molecule has 1 aromatic heterocycles. The molecule has 6 nitrogen and oxygen atoms in total. The van der Waals surface area contributed by atoms with Crippen LogP contribution in [-0.4, -0.2) is 65.3 Å². The highest BCUT2D eigenvalue weighted by Crippen LogP contribution is 2.11. The Morgan fingerprint density at radius 3 is 3.20 bits per heavy atom. The molecule has 1 atom stereocenters. The molecule has 1 unspecified atom stereocenters. The van der Waals surface area contributed by atoms with Crippen molar-refractivity contribution in [1.29, 1.82) is 0 Å². The summed E-state index contributed by atoms with van der Waals surface area (Å²) in [6.07, 6.45) is 2.41. The van der Waals surface area contributed by atoms with E-state index < -0.39 is 0 Å². The molecule has 2 heterocycles. The molecule has 0 radical (unpaired) electrons. The number of likely N-dealkylation sites (N-methyl/N-ethyl adjacent to an activating group) is 1. The van der Waals surface area contributed by atoms with Crippen molar-refractivity contribution in [3.8, 4) is 0 Å². The first-order chi connectivity index (χ1) is 9.63. The van der Waals surface area contributed by atoms with Gasteiger partial charge in [-0.05, 0) is 14.1 Å². The van der Waals surface area contributed by atoms with Gasteiger partial charge in [-0.15, -0.1) is 0 Å². The van der Waals surface area contributed by atoms with Crippen LogP contribution in [0.1, 0.15) is 6.42 Å². The summed E-state index contributed by atoms with van der Waals surface area (Å²) in [5, 5.41) is 10.6. The van der Waals surface area contributed by atoms with Gasteiger partial charge in [-0.25, -0.2) is 0 Å². The standard InChI is InChI=1S/C13H23N5OS/c1-17(2)6-7-18-5-3-12(16-18)15-13(19)9-11-10-20-8-4-14-11/h3,5,11,14H,4,6-10H2,1-2H3,(H,15,16,19). The lowest BCUT2D eigenvalue weighted by atomic mass is 10.2. The largest absolute Gasteiger partial charge is 0.312 e. The van der Waals surface area contributed by atoms with Crippen molar-refractivity contribution in [3.63, 3.8) is 0 Å². The summed E-state index contributed by atoms with van der Waals surface area (Å²) in [6.45, 7) is 2.74. The van der Waals surface area contributed by atoms with Gasteiger partial charge in [-0.3, -0.25) is 9.48 Å². The van der Waals surface area contributed by atoms with Gasteiger partial charge in [0.15, 0.2) is 5.82 Å². The molecule has 0 bridgehead atoms. The van der Waals surface area contributed by atoms with E-state index in [-0.39, 0.29) is 11.9 Å². The monoisotopic (exact) mass is 297 g/mol. The van der Waals surface area contributed by atoms with Crippen molar-refractivity contribution in [2.75, 3.05) is 44.0 Å². The zero-order valence-corrected chi connectivity index (χ0v) is 12.9. The summed E-state index contributed by atoms with van der Waals surface area (Å²) in [6, 6.07) is 2.13. The van der Waals surface area contributed by atoms with Crippen LogP contribution in [0.15, 0.2) is 12.3 Å². The lowest BCUT2D eigenvalue weighted by Gasteiger charge is -2.22. The molecule has 0 aliphatic carbocycles. The van der Waals surface area contributed by atoms with Crippen molar-refractivity contribution in [2.45, 2.75) is 19.0 Å². The predicted octanol–water partition coefficient (Wildman–Crippen LogP) is 0.478. The van der Waals surface area contributed by atoms with Crippen LogP contribution in [0, 0.1) is 0 Å². The summed E-state index contributed by atoms with van der Waals surface area (Å²) in [5.41, 5.74) is 0. The lowest BCUT2D eigenvalue weighted by Crippen LogP contribution is -2.39. The molecule has 0 aromatic carbocycles. The van der Waals surface area contributed by atoms with Crippen molar-refractivity contribution in [3.05, 3.63) is 12.3 Å². The van der Waals surface area contributed by atoms with Gasteiger partial charge < -0.3 is 15.5 Å². The third-order valence-electron chi connectivity index (χ3n) is 3.11. The second kappa shape index (κ2) is 7.66. The van der Waals surface area contributed by atoms with E-state index in [0.29, 0.717) is 12.2 Å². The summed E-state index contributed by atoms with van der Waals surface area (Å²) in [5.74, 6) is 2.80. The summed E-state index contributed by atoms with van der Waals surface area (Å²) in [4.78, 5) is 14.0. The number of thioether (sulfide) groups is 1. The molecule has 1 fully saturated rings. The quantitative estimate of drug-likeness (QED) is 0.800. The molecule has 1 aliphatic heterocycles. The number of aromatic nitrogens is 2. The van der Waals surface area contributed by atoms with Crippen LogP contribution in [0.2, 0.25) is 0 Å². The zero-order chi connectivity index (χ0) is 14.4. The van der Waals surface area contributed by atoms with Crippen LogP contribution in [0.3, 0.4) is 0 Å². The molecule has 1 amide bonds. The molecule has 2 rings (SSSR count). The maximum atomic E-state index is 11.9. The number of hydrogen-bond acceptors (Lipinski definition) is 5. The Morgan fingerprint density at radius 1 is 1.65 bits per heavy atom. The van der Waals surface area contributed by atoms with Gasteiger partial charge in [0, 0.05) is 49.3 Å². The van der Waals surface area contributed by atoms with E-state index in [4.69, 9.17) is 0 Å². The van der Waals surface area contributed by atoms with E-state index >= 15 is 0 Å². The molecule has 1 aromatic rings. The SMILES string of the molecule is CN(C)CCn1ccc(NC(=O)CC2CSCCN2)n1. The third kappa shape index (κ3) is 5.15. The van der Waals surface area contributed by atoms with E-state index in [2.05, 4.69) is 20.6 Å². The van der Waals surface area contributed by atoms with Crippen molar-refractivity contribution >= 4 is 23.5 Å². The number of nitrogens with one attached hydrogen (secondary N) is 2. The lowest BCUT2D eigenvalue weighted by molar-refractivity contribution is -0.116. The number of amides is 1. The van der Waals surface area contributed by atoms with Crippen LogP contribution >= 0.6 is 11.8 Å². The first-order valence-corrected chi connectivity index (χ1v) is 8.08. The van der Waals surface area contributed by atoms with Crippen LogP contribution in [0.5, 0.6) is 0 Å². The molecule has 0 spiro atoms. The van der Waals surface area contributed by atoms with Gasteiger partial charge in [-0.2, -0.15) is 16.9 Å². The Balaban J connectivity index is 1.76. The molecule has 1 aliphatic rings. The first kappa shape index (κ1) is 15.3. The minimum Gasteiger partial charge on any atom is -0.312 e. The van der Waals surface area contributed by atoms with Gasteiger partial charge >= 0.3 is 0 Å². The molecule has 1 saturated heterocycles. The van der Waals surface area contributed by atoms with Crippen LogP contribution < -0.4 is 10.6 Å². The number of hydrogen-bond donors (Lipinski definition) is 2. The Bertz CT molecular complexity index is 428. The highest BCUT2D eigenvalue weighted by Gasteiger charge is 2.17. The van der Waals surface area contributed by atoms with Gasteiger partial charge in [0.25, 0.3) is 0 Å². The molecular formula is C13H23N5OS. The van der Waals surface area contributed by atoms with Crippen LogP contribution in [0.25, 0.3) is 0 Å². The van der Waals surface area contributed by atoms with E-state index in [1.807, 2.05) is 42.8 Å². The molecule has 0 saturated carbocycles. The van der Waals surface area contributed by atoms with Crippen molar-refractivity contribution in [2.24, 2.45) is 0 Å². The van der Waals surface area contributed by atoms with E-state index in [1.54, 1.807) is 0 Å². The van der Waals surface area contributed by atoms with Gasteiger partial charge in [0.2, 0.25) is 5.91 Å². The van der Waals surface area contributed by atoms with Gasteiger partial charge in [-0.1, -0.05) is 0 Å². The minimum absolute atomic E-state index is 0.0304. The van der Waals surface area contributed by atoms with Crippen molar-refractivity contribution < 1.29 is 4.79 Å². The number of carbonyl (C=O) groups excluding carboxylic acids is 1. The molecule has 20 heavy (non-hydrogen) atoms. The number of nitrogens with zero attached hydrogens (tertiary/aromatic N) is 3. The Labute approximate surface area is 124 Å². The van der Waals surface area contributed by atoms with Crippen LogP contribution in [-0.2, 0) is 11.3 Å². The van der Waals surface area contributed by atoms with Crippen molar-refractivity contribution in [1.82, 2.24) is 20.0 Å². The summed E-state index contributed by atoms with van der Waals surface area (Å²) in [7, 11) is 4.06. The second-order valence-electron chi connectivity index (χ2n) is 5.25. The molecule has 112 valence electrons. The minimum atomic E-state index is 0.0304. The smallest absolute Gasteiger partial charge is 0.227 e. The topological polar surface area (TPSA) is 62.2 Å². The zero-order valence-electron chi connectivity index (χ0n) is 12.1. The fourth-order valence-corrected chi connectivity index (χ4v) is 2.97. The maximum absolute atomic E-state index is 11.9. The van der Waals surface area contributed by atoms with Gasteiger partial charge in [0.05, 0.1) is 6.54 Å². The number of anilines is 1. The Hall–Kier alpha value is -1.05. The maximum Gasteiger partial charge on any atom is 0.227 e. The highest BCUT2D eigenvalue weighted by molar-refractivity contribution is 7.99. The highest BCUT2D eigenvalue weighted by atomic mass is 32.2. The predicted molar refractivity (Wildman–Crippen MR) is 83.1 cm³/mol. The fourth-order valence-electron chi connectivity index (χ4n) is 2.02. The fraction of sp³-hybridized carbons (Fsp3) is 0.692. The number of carbonyl (C=O) groups is 1. The van der Waals surface area contributed by atoms with E-state index in [9.17, 15) is 4.79 Å². The van der Waals surface area contributed by atoms with E-state index in [0.717, 1.165) is 31.1 Å². The molecular weight excluding hydrogens is 274 g/mol. The first-order valence-electron chi connectivity index (χ1n) is 6.92. The Kier molecular flexibility index (Phi) is 5.87. The average Bonchev–Trinajstić information content (AvgIpc) is 2.85.